The van der Waals surface area contributed by atoms with Crippen LogP contribution in [0, 0.1) is 0 Å². The highest BCUT2D eigenvalue weighted by atomic mass is 32.2. The van der Waals surface area contributed by atoms with Gasteiger partial charge >= 0.3 is 18.3 Å². The number of aliphatic carboxylic acids is 1. The van der Waals surface area contributed by atoms with E-state index in [1.54, 1.807) is 0 Å². The summed E-state index contributed by atoms with van der Waals surface area (Å²) in [4.78, 5) is 11.5. The molecule has 1 N–H and O–H groups in total. The fourth-order valence-electron chi connectivity index (χ4n) is 3.25. The van der Waals surface area contributed by atoms with Crippen molar-refractivity contribution in [3.05, 3.63) is 53.3 Å². The number of allylic oxidation sites excluding steroid dienone is 3. The summed E-state index contributed by atoms with van der Waals surface area (Å²) in [6.45, 7) is 4.40. The third-order valence-corrected chi connectivity index (χ3v) is 6.98. The number of carboxylic acid groups (broad SMARTS) is 1. The number of alkyl halides is 6. The smallest absolute Gasteiger partial charge is 0.416 e. The highest BCUT2D eigenvalue weighted by Gasteiger charge is 2.38. The molecule has 6 nitrogen and oxygen atoms in total. The van der Waals surface area contributed by atoms with Crippen LogP contribution in [0.1, 0.15) is 43.2 Å². The predicted molar refractivity (Wildman–Crippen MR) is 118 cm³/mol. The summed E-state index contributed by atoms with van der Waals surface area (Å²) in [5.41, 5.74) is -0.785. The molecule has 1 aliphatic carbocycles. The van der Waals surface area contributed by atoms with E-state index in [-0.39, 0.29) is 24.6 Å². The number of hydrogen-bond acceptors (Lipinski definition) is 4. The summed E-state index contributed by atoms with van der Waals surface area (Å²) in [6, 6.07) is 0.212. The zero-order valence-corrected chi connectivity index (χ0v) is 20.3. The van der Waals surface area contributed by atoms with Crippen LogP contribution in [0.15, 0.2) is 47.0 Å². The molecule has 0 bridgehead atoms. The minimum absolute atomic E-state index is 0.130. The number of nitrogens with zero attached hydrogens (tertiary/aromatic N) is 2. The molecule has 198 valence electrons. The zero-order valence-electron chi connectivity index (χ0n) is 19.5. The molecular formula is C22H28F6N2O4S. The molecule has 0 heterocycles. The molecule has 0 amide bonds. The number of hydrogen-bond donors (Lipinski definition) is 1. The number of rotatable bonds is 7. The molecule has 2 rings (SSSR count). The molecule has 0 atom stereocenters. The summed E-state index contributed by atoms with van der Waals surface area (Å²) >= 11 is 0. The summed E-state index contributed by atoms with van der Waals surface area (Å²) in [5.74, 6) is -0.738. The molecule has 0 radical (unpaired) electrons. The molecule has 0 aromatic heterocycles. The Morgan fingerprint density at radius 2 is 1.49 bits per heavy atom. The zero-order chi connectivity index (χ0) is 27.2. The lowest BCUT2D eigenvalue weighted by molar-refractivity contribution is -0.143. The van der Waals surface area contributed by atoms with Crippen molar-refractivity contribution in [1.82, 2.24) is 9.21 Å². The molecule has 0 spiro atoms. The van der Waals surface area contributed by atoms with E-state index in [9.17, 15) is 39.6 Å². The molecule has 1 aromatic carbocycles. The van der Waals surface area contributed by atoms with Crippen molar-refractivity contribution in [2.75, 3.05) is 27.7 Å². The number of sulfonamides is 1. The van der Waals surface area contributed by atoms with Gasteiger partial charge in [-0.25, -0.2) is 12.7 Å². The summed E-state index contributed by atoms with van der Waals surface area (Å²) < 4.78 is 99.2. The van der Waals surface area contributed by atoms with Crippen molar-refractivity contribution in [3.8, 4) is 0 Å². The lowest BCUT2D eigenvalue weighted by Crippen LogP contribution is -2.23. The average molecular weight is 531 g/mol. The largest absolute Gasteiger partial charge is 0.481 e. The molecule has 0 saturated heterocycles. The van der Waals surface area contributed by atoms with E-state index < -0.39 is 44.4 Å². The van der Waals surface area contributed by atoms with Gasteiger partial charge in [-0.1, -0.05) is 12.7 Å². The van der Waals surface area contributed by atoms with E-state index >= 15 is 0 Å². The van der Waals surface area contributed by atoms with Crippen LogP contribution in [0.25, 0.3) is 0 Å². The van der Waals surface area contributed by atoms with Crippen molar-refractivity contribution < 1.29 is 44.7 Å². The van der Waals surface area contributed by atoms with Crippen molar-refractivity contribution >= 4 is 16.0 Å². The van der Waals surface area contributed by atoms with Crippen LogP contribution >= 0.6 is 0 Å². The first-order valence-corrected chi connectivity index (χ1v) is 11.8. The third-order valence-electron chi connectivity index (χ3n) is 5.19. The Morgan fingerprint density at radius 1 is 1.00 bits per heavy atom. The average Bonchev–Trinajstić information content (AvgIpc) is 2.76. The van der Waals surface area contributed by atoms with Gasteiger partial charge in [-0.15, -0.1) is 0 Å². The number of carboxylic acids is 1. The lowest BCUT2D eigenvalue weighted by Gasteiger charge is -2.27. The standard InChI is InChI=1S/C12H19NO2.C10H9F6NO2S/c1-3-10-6-4-5-7-11(10)13(2)9-8-12(14)15;1-17(2)20(18,19)8-4-6(9(11,12)13)3-7(5-8)10(14,15)16/h3H,1,4-9H2,2H3,(H,14,15);3-5H,1-2H3. The number of carbonyl (C=O) groups is 1. The minimum Gasteiger partial charge on any atom is -0.481 e. The number of benzene rings is 1. The molecule has 0 aliphatic heterocycles. The van der Waals surface area contributed by atoms with E-state index in [0.717, 1.165) is 26.9 Å². The topological polar surface area (TPSA) is 77.9 Å². The molecule has 0 unspecified atom stereocenters. The summed E-state index contributed by atoms with van der Waals surface area (Å²) in [6.07, 6.45) is -3.51. The van der Waals surface area contributed by atoms with Gasteiger partial charge in [-0.2, -0.15) is 26.3 Å². The van der Waals surface area contributed by atoms with Gasteiger partial charge in [0, 0.05) is 33.4 Å². The molecule has 1 aromatic rings. The Balaban J connectivity index is 0.000000365. The Labute approximate surface area is 200 Å². The first kappa shape index (κ1) is 30.5. The minimum atomic E-state index is -5.09. The third kappa shape index (κ3) is 8.88. The van der Waals surface area contributed by atoms with Crippen molar-refractivity contribution in [2.24, 2.45) is 0 Å². The van der Waals surface area contributed by atoms with Crippen LogP contribution in [-0.2, 0) is 27.2 Å². The van der Waals surface area contributed by atoms with Crippen LogP contribution in [-0.4, -0.2) is 56.4 Å². The Bertz CT molecular complexity index is 1010. The fourth-order valence-corrected chi connectivity index (χ4v) is 4.23. The predicted octanol–water partition coefficient (Wildman–Crippen LogP) is 5.38. The van der Waals surface area contributed by atoms with Gasteiger partial charge in [-0.05, 0) is 49.5 Å². The van der Waals surface area contributed by atoms with Crippen LogP contribution < -0.4 is 0 Å². The van der Waals surface area contributed by atoms with E-state index in [2.05, 4.69) is 11.5 Å². The van der Waals surface area contributed by atoms with Gasteiger partial charge in [0.15, 0.2) is 0 Å². The molecule has 35 heavy (non-hydrogen) atoms. The highest BCUT2D eigenvalue weighted by Crippen LogP contribution is 2.37. The maximum absolute atomic E-state index is 12.5. The number of halogens is 6. The SMILES string of the molecule is C=CC1=C(N(C)CCC(=O)O)CCCC1.CN(C)S(=O)(=O)c1cc(C(F)(F)F)cc(C(F)(F)F)c1. The van der Waals surface area contributed by atoms with Crippen LogP contribution in [0.5, 0.6) is 0 Å². The second kappa shape index (κ2) is 11.9. The van der Waals surface area contributed by atoms with Crippen molar-refractivity contribution in [3.63, 3.8) is 0 Å². The maximum atomic E-state index is 12.5. The second-order valence-corrected chi connectivity index (χ2v) is 10.1. The highest BCUT2D eigenvalue weighted by molar-refractivity contribution is 7.89. The fraction of sp³-hybridized carbons (Fsp3) is 0.500. The van der Waals surface area contributed by atoms with Gasteiger partial charge in [0.2, 0.25) is 10.0 Å². The van der Waals surface area contributed by atoms with E-state index in [1.807, 2.05) is 13.1 Å². The summed E-state index contributed by atoms with van der Waals surface area (Å²) in [7, 11) is -0.438. The molecule has 0 saturated carbocycles. The summed E-state index contributed by atoms with van der Waals surface area (Å²) in [5, 5.41) is 8.62. The molecule has 13 heteroatoms. The normalized spacial score (nSPS) is 14.9. The van der Waals surface area contributed by atoms with E-state index in [0.29, 0.717) is 10.8 Å². The van der Waals surface area contributed by atoms with Gasteiger partial charge in [0.1, 0.15) is 0 Å². The lowest BCUT2D eigenvalue weighted by atomic mass is 9.95. The Hall–Kier alpha value is -2.54. The van der Waals surface area contributed by atoms with Crippen molar-refractivity contribution in [1.29, 1.82) is 0 Å². The Morgan fingerprint density at radius 3 is 1.89 bits per heavy atom. The molecule has 1 aliphatic rings. The first-order chi connectivity index (χ1) is 15.9. The van der Waals surface area contributed by atoms with Gasteiger partial charge in [0.25, 0.3) is 0 Å². The monoisotopic (exact) mass is 530 g/mol. The van der Waals surface area contributed by atoms with Gasteiger partial charge < -0.3 is 10.0 Å². The maximum Gasteiger partial charge on any atom is 0.416 e. The van der Waals surface area contributed by atoms with Crippen LogP contribution in [0.3, 0.4) is 0 Å². The van der Waals surface area contributed by atoms with Crippen molar-refractivity contribution in [2.45, 2.75) is 49.4 Å². The molecule has 0 fully saturated rings. The Kier molecular flexibility index (Phi) is 10.4. The van der Waals surface area contributed by atoms with Gasteiger partial charge in [-0.3, -0.25) is 4.79 Å². The second-order valence-electron chi connectivity index (χ2n) is 7.98. The first-order valence-electron chi connectivity index (χ1n) is 10.4. The van der Waals surface area contributed by atoms with E-state index in [1.165, 1.54) is 24.1 Å². The van der Waals surface area contributed by atoms with Gasteiger partial charge in [0.05, 0.1) is 22.4 Å². The quantitative estimate of drug-likeness (QED) is 0.479. The molecular weight excluding hydrogens is 502 g/mol. The van der Waals surface area contributed by atoms with Crippen LogP contribution in [0.4, 0.5) is 26.3 Å². The van der Waals surface area contributed by atoms with Crippen LogP contribution in [0.2, 0.25) is 0 Å². The van der Waals surface area contributed by atoms with E-state index in [4.69, 9.17) is 5.11 Å².